The van der Waals surface area contributed by atoms with Crippen molar-refractivity contribution in [1.82, 2.24) is 10.5 Å². The summed E-state index contributed by atoms with van der Waals surface area (Å²) in [4.78, 5) is 23.2. The van der Waals surface area contributed by atoms with Gasteiger partial charge in [-0.1, -0.05) is 11.2 Å². The average Bonchev–Trinajstić information content (AvgIpc) is 2.78. The van der Waals surface area contributed by atoms with Crippen molar-refractivity contribution in [3.8, 4) is 0 Å². The fourth-order valence-electron chi connectivity index (χ4n) is 2.20. The molecule has 22 heavy (non-hydrogen) atoms. The van der Waals surface area contributed by atoms with E-state index in [4.69, 9.17) is 4.52 Å². The number of amides is 2. The quantitative estimate of drug-likeness (QED) is 0.887. The second-order valence-corrected chi connectivity index (χ2v) is 5.07. The van der Waals surface area contributed by atoms with Crippen molar-refractivity contribution in [2.45, 2.75) is 27.2 Å². The summed E-state index contributed by atoms with van der Waals surface area (Å²) in [6.07, 6.45) is 0.665. The molecule has 1 aromatic carbocycles. The number of benzene rings is 1. The van der Waals surface area contributed by atoms with Crippen molar-refractivity contribution in [3.05, 3.63) is 46.8 Å². The smallest absolute Gasteiger partial charge is 0.251 e. The molecule has 0 aliphatic carbocycles. The number of anilines is 1. The van der Waals surface area contributed by atoms with Gasteiger partial charge in [-0.15, -0.1) is 0 Å². The lowest BCUT2D eigenvalue weighted by Gasteiger charge is -2.07. The number of rotatable bonds is 5. The summed E-state index contributed by atoms with van der Waals surface area (Å²) in [6, 6.07) is 6.82. The minimum absolute atomic E-state index is 0.170. The largest absolute Gasteiger partial charge is 0.361 e. The van der Waals surface area contributed by atoms with Crippen LogP contribution in [0.2, 0.25) is 0 Å². The van der Waals surface area contributed by atoms with Crippen LogP contribution in [0.5, 0.6) is 0 Å². The number of hydrogen-bond donors (Lipinski definition) is 2. The van der Waals surface area contributed by atoms with Crippen LogP contribution in [-0.2, 0) is 11.2 Å². The Bertz CT molecular complexity index is 672. The molecule has 2 aromatic rings. The van der Waals surface area contributed by atoms with Crippen LogP contribution in [0.3, 0.4) is 0 Å². The van der Waals surface area contributed by atoms with E-state index in [9.17, 15) is 9.59 Å². The molecule has 0 aliphatic rings. The predicted molar refractivity (Wildman–Crippen MR) is 82.8 cm³/mol. The van der Waals surface area contributed by atoms with E-state index >= 15 is 0 Å². The highest BCUT2D eigenvalue weighted by atomic mass is 16.5. The second kappa shape index (κ2) is 6.89. The number of carbonyl (C=O) groups is 2. The summed E-state index contributed by atoms with van der Waals surface area (Å²) in [5, 5.41) is 9.39. The van der Waals surface area contributed by atoms with Gasteiger partial charge in [0.2, 0.25) is 5.91 Å². The molecule has 0 saturated heterocycles. The summed E-state index contributed by atoms with van der Waals surface area (Å²) in [5.41, 5.74) is 2.97. The fourth-order valence-corrected chi connectivity index (χ4v) is 2.20. The molecule has 1 aromatic heterocycles. The summed E-state index contributed by atoms with van der Waals surface area (Å²) >= 11 is 0. The van der Waals surface area contributed by atoms with Gasteiger partial charge in [-0.05, 0) is 38.5 Å². The summed E-state index contributed by atoms with van der Waals surface area (Å²) in [6.45, 7) is 5.65. The van der Waals surface area contributed by atoms with Gasteiger partial charge in [0.1, 0.15) is 5.76 Å². The Balaban J connectivity index is 1.93. The Morgan fingerprint density at radius 1 is 1.27 bits per heavy atom. The van der Waals surface area contributed by atoms with Crippen molar-refractivity contribution in [3.63, 3.8) is 0 Å². The van der Waals surface area contributed by atoms with Crippen LogP contribution in [0.15, 0.2) is 28.8 Å². The third-order valence-electron chi connectivity index (χ3n) is 3.29. The number of nitrogens with one attached hydrogen (secondary N) is 2. The minimum Gasteiger partial charge on any atom is -0.361 e. The number of carbonyl (C=O) groups excluding carboxylic acids is 2. The molecule has 6 nitrogen and oxygen atoms in total. The Morgan fingerprint density at radius 3 is 2.68 bits per heavy atom. The lowest BCUT2D eigenvalue weighted by Crippen LogP contribution is -2.26. The van der Waals surface area contributed by atoms with E-state index in [-0.39, 0.29) is 11.8 Å². The fraction of sp³-hybridized carbons (Fsp3) is 0.312. The highest BCUT2D eigenvalue weighted by Crippen LogP contribution is 2.13. The second-order valence-electron chi connectivity index (χ2n) is 5.07. The van der Waals surface area contributed by atoms with Gasteiger partial charge in [0.05, 0.1) is 5.69 Å². The molecular formula is C16H19N3O3. The minimum atomic E-state index is -0.182. The Morgan fingerprint density at radius 2 is 2.05 bits per heavy atom. The molecule has 0 fully saturated rings. The van der Waals surface area contributed by atoms with Crippen molar-refractivity contribution < 1.29 is 14.1 Å². The maximum absolute atomic E-state index is 12.1. The van der Waals surface area contributed by atoms with E-state index in [1.807, 2.05) is 13.8 Å². The third kappa shape index (κ3) is 3.94. The van der Waals surface area contributed by atoms with Crippen LogP contribution in [0.25, 0.3) is 0 Å². The molecular weight excluding hydrogens is 282 g/mol. The lowest BCUT2D eigenvalue weighted by molar-refractivity contribution is -0.114. The van der Waals surface area contributed by atoms with Crippen LogP contribution in [0.4, 0.5) is 5.69 Å². The van der Waals surface area contributed by atoms with Gasteiger partial charge >= 0.3 is 0 Å². The van der Waals surface area contributed by atoms with Crippen molar-refractivity contribution in [1.29, 1.82) is 0 Å². The third-order valence-corrected chi connectivity index (χ3v) is 3.29. The number of hydrogen-bond acceptors (Lipinski definition) is 4. The highest BCUT2D eigenvalue weighted by molar-refractivity contribution is 5.96. The van der Waals surface area contributed by atoms with Crippen LogP contribution < -0.4 is 10.6 Å². The first-order chi connectivity index (χ1) is 10.5. The van der Waals surface area contributed by atoms with Gasteiger partial charge < -0.3 is 15.2 Å². The van der Waals surface area contributed by atoms with Gasteiger partial charge in [-0.3, -0.25) is 9.59 Å². The molecule has 0 radical (unpaired) electrons. The monoisotopic (exact) mass is 301 g/mol. The molecule has 0 atom stereocenters. The van der Waals surface area contributed by atoms with Crippen molar-refractivity contribution in [2.24, 2.45) is 0 Å². The molecule has 6 heteroatoms. The van der Waals surface area contributed by atoms with E-state index in [0.717, 1.165) is 17.0 Å². The van der Waals surface area contributed by atoms with Crippen LogP contribution in [-0.4, -0.2) is 23.5 Å². The van der Waals surface area contributed by atoms with Crippen molar-refractivity contribution >= 4 is 17.5 Å². The first-order valence-corrected chi connectivity index (χ1v) is 7.05. The summed E-state index contributed by atoms with van der Waals surface area (Å²) in [7, 11) is 0. The van der Waals surface area contributed by atoms with Crippen molar-refractivity contribution in [2.75, 3.05) is 11.9 Å². The highest BCUT2D eigenvalue weighted by Gasteiger charge is 2.10. The first kappa shape index (κ1) is 15.8. The molecule has 1 heterocycles. The normalized spacial score (nSPS) is 10.3. The molecule has 2 amide bonds. The topological polar surface area (TPSA) is 84.2 Å². The Hall–Kier alpha value is -2.63. The zero-order chi connectivity index (χ0) is 16.1. The maximum Gasteiger partial charge on any atom is 0.251 e. The molecule has 0 saturated carbocycles. The van der Waals surface area contributed by atoms with E-state index < -0.39 is 0 Å². The lowest BCUT2D eigenvalue weighted by atomic mass is 10.1. The zero-order valence-corrected chi connectivity index (χ0v) is 12.9. The van der Waals surface area contributed by atoms with Crippen LogP contribution >= 0.6 is 0 Å². The predicted octanol–water partition coefficient (Wildman–Crippen LogP) is 2.22. The summed E-state index contributed by atoms with van der Waals surface area (Å²) < 4.78 is 5.09. The molecule has 0 bridgehead atoms. The molecule has 2 N–H and O–H groups in total. The van der Waals surface area contributed by atoms with Gasteiger partial charge in [-0.25, -0.2) is 0 Å². The number of aromatic nitrogens is 1. The van der Waals surface area contributed by atoms with Gasteiger partial charge in [0, 0.05) is 30.3 Å². The average molecular weight is 301 g/mol. The Kier molecular flexibility index (Phi) is 4.93. The molecule has 0 spiro atoms. The van der Waals surface area contributed by atoms with E-state index in [2.05, 4.69) is 15.8 Å². The van der Waals surface area contributed by atoms with Gasteiger partial charge in [0.25, 0.3) is 5.91 Å². The molecule has 116 valence electrons. The van der Waals surface area contributed by atoms with E-state index in [1.165, 1.54) is 6.92 Å². The number of aryl methyl sites for hydroxylation is 2. The molecule has 0 aliphatic heterocycles. The molecule has 0 unspecified atom stereocenters. The first-order valence-electron chi connectivity index (χ1n) is 7.05. The zero-order valence-electron chi connectivity index (χ0n) is 12.9. The SMILES string of the molecule is CC(=O)Nc1cccc(C(=O)NCCc2c(C)noc2C)c1. The van der Waals surface area contributed by atoms with Crippen LogP contribution in [0, 0.1) is 13.8 Å². The van der Waals surface area contributed by atoms with Gasteiger partial charge in [-0.2, -0.15) is 0 Å². The maximum atomic E-state index is 12.1. The van der Waals surface area contributed by atoms with Gasteiger partial charge in [0.15, 0.2) is 0 Å². The van der Waals surface area contributed by atoms with Crippen LogP contribution in [0.1, 0.15) is 34.3 Å². The number of nitrogens with zero attached hydrogens (tertiary/aromatic N) is 1. The van der Waals surface area contributed by atoms with E-state index in [1.54, 1.807) is 24.3 Å². The van der Waals surface area contributed by atoms with E-state index in [0.29, 0.717) is 24.2 Å². The Labute approximate surface area is 128 Å². The molecule has 2 rings (SSSR count). The summed E-state index contributed by atoms with van der Waals surface area (Å²) in [5.74, 6) is 0.425. The standard InChI is InChI=1S/C16H19N3O3/c1-10-15(11(2)22-19-10)7-8-17-16(21)13-5-4-6-14(9-13)18-12(3)20/h4-6,9H,7-8H2,1-3H3,(H,17,21)(H,18,20).